The molecule has 2 rings (SSSR count). The summed E-state index contributed by atoms with van der Waals surface area (Å²) in [7, 11) is 0. The minimum absolute atomic E-state index is 0.186. The van der Waals surface area contributed by atoms with Crippen molar-refractivity contribution in [2.45, 2.75) is 19.2 Å². The molecule has 0 aliphatic rings. The van der Waals surface area contributed by atoms with Crippen LogP contribution in [0.5, 0.6) is 17.2 Å². The fourth-order valence-corrected chi connectivity index (χ4v) is 1.95. The van der Waals surface area contributed by atoms with Crippen LogP contribution in [0.1, 0.15) is 18.9 Å². The fourth-order valence-electron chi connectivity index (χ4n) is 1.74. The molecule has 0 amide bonds. The average molecular weight is 295 g/mol. The first-order chi connectivity index (χ1) is 9.74. The van der Waals surface area contributed by atoms with Crippen LogP contribution in [0.4, 0.5) is 4.39 Å². The van der Waals surface area contributed by atoms with E-state index in [-0.39, 0.29) is 11.7 Å². The number of hydrogen-bond donors (Lipinski definition) is 0. The van der Waals surface area contributed by atoms with E-state index in [0.717, 1.165) is 6.42 Å². The Morgan fingerprint density at radius 2 is 1.80 bits per heavy atom. The van der Waals surface area contributed by atoms with E-state index < -0.39 is 0 Å². The monoisotopic (exact) mass is 294 g/mol. The zero-order valence-electron chi connectivity index (χ0n) is 11.2. The molecule has 0 bridgehead atoms. The van der Waals surface area contributed by atoms with Crippen LogP contribution < -0.4 is 9.47 Å². The molecule has 2 nitrogen and oxygen atoms in total. The van der Waals surface area contributed by atoms with Gasteiger partial charge in [-0.2, -0.15) is 0 Å². The van der Waals surface area contributed by atoms with Gasteiger partial charge in [-0.1, -0.05) is 19.1 Å². The van der Waals surface area contributed by atoms with Crippen LogP contribution in [-0.2, 0) is 5.88 Å². The lowest BCUT2D eigenvalue weighted by atomic mass is 10.2. The molecule has 2 aromatic carbocycles. The molecule has 4 heteroatoms. The number of ether oxygens (including phenoxy) is 2. The standard InChI is InChI=1S/C16H16ClFO2/c1-2-9-19-15-5-3-4-6-16(15)20-14-8-7-13(18)10-12(14)11-17/h3-8,10H,2,9,11H2,1H3. The Kier molecular flexibility index (Phi) is 5.24. The first kappa shape index (κ1) is 14.7. The maximum Gasteiger partial charge on any atom is 0.169 e. The van der Waals surface area contributed by atoms with Gasteiger partial charge in [0.2, 0.25) is 0 Å². The minimum atomic E-state index is -0.330. The predicted octanol–water partition coefficient (Wildman–Crippen LogP) is 5.15. The zero-order valence-corrected chi connectivity index (χ0v) is 12.0. The van der Waals surface area contributed by atoms with Crippen molar-refractivity contribution in [2.75, 3.05) is 6.61 Å². The number of para-hydroxylation sites is 2. The van der Waals surface area contributed by atoms with Crippen LogP contribution >= 0.6 is 11.6 Å². The maximum atomic E-state index is 13.2. The second kappa shape index (κ2) is 7.15. The molecule has 0 aliphatic heterocycles. The summed E-state index contributed by atoms with van der Waals surface area (Å²) in [5.74, 6) is 1.65. The van der Waals surface area contributed by atoms with Crippen LogP contribution in [0.25, 0.3) is 0 Å². The second-order valence-electron chi connectivity index (χ2n) is 4.28. The van der Waals surface area contributed by atoms with E-state index in [4.69, 9.17) is 21.1 Å². The van der Waals surface area contributed by atoms with Gasteiger partial charge >= 0.3 is 0 Å². The first-order valence-corrected chi connectivity index (χ1v) is 7.02. The van der Waals surface area contributed by atoms with Gasteiger partial charge in [0.25, 0.3) is 0 Å². The summed E-state index contributed by atoms with van der Waals surface area (Å²) in [5.41, 5.74) is 0.608. The summed E-state index contributed by atoms with van der Waals surface area (Å²) >= 11 is 5.82. The van der Waals surface area contributed by atoms with E-state index in [1.807, 2.05) is 31.2 Å². The smallest absolute Gasteiger partial charge is 0.169 e. The molecule has 0 N–H and O–H groups in total. The summed E-state index contributed by atoms with van der Waals surface area (Å²) in [6.07, 6.45) is 0.914. The molecule has 0 aliphatic carbocycles. The van der Waals surface area contributed by atoms with Crippen molar-refractivity contribution < 1.29 is 13.9 Å². The van der Waals surface area contributed by atoms with E-state index in [1.54, 1.807) is 6.07 Å². The lowest BCUT2D eigenvalue weighted by Gasteiger charge is -2.13. The van der Waals surface area contributed by atoms with Gasteiger partial charge in [0.15, 0.2) is 11.5 Å². The number of hydrogen-bond acceptors (Lipinski definition) is 2. The summed E-state index contributed by atoms with van der Waals surface area (Å²) in [5, 5.41) is 0. The highest BCUT2D eigenvalue weighted by molar-refractivity contribution is 6.17. The van der Waals surface area contributed by atoms with Crippen LogP contribution in [0.2, 0.25) is 0 Å². The van der Waals surface area contributed by atoms with Gasteiger partial charge in [-0.25, -0.2) is 4.39 Å². The Bertz CT molecular complexity index is 572. The van der Waals surface area contributed by atoms with Gasteiger partial charge in [-0.15, -0.1) is 11.6 Å². The third kappa shape index (κ3) is 3.64. The zero-order chi connectivity index (χ0) is 14.4. The van der Waals surface area contributed by atoms with E-state index in [1.165, 1.54) is 12.1 Å². The average Bonchev–Trinajstić information content (AvgIpc) is 2.48. The Hall–Kier alpha value is -1.74. The molecule has 0 saturated carbocycles. The van der Waals surface area contributed by atoms with Crippen LogP contribution in [0.3, 0.4) is 0 Å². The normalized spacial score (nSPS) is 10.3. The predicted molar refractivity (Wildman–Crippen MR) is 78.3 cm³/mol. The Labute approximate surface area is 123 Å². The number of benzene rings is 2. The van der Waals surface area contributed by atoms with Gasteiger partial charge in [-0.05, 0) is 36.8 Å². The lowest BCUT2D eigenvalue weighted by Crippen LogP contribution is -1.98. The van der Waals surface area contributed by atoms with Gasteiger partial charge in [0, 0.05) is 5.56 Å². The fraction of sp³-hybridized carbons (Fsp3) is 0.250. The van der Waals surface area contributed by atoms with Gasteiger partial charge < -0.3 is 9.47 Å². The molecule has 0 heterocycles. The minimum Gasteiger partial charge on any atom is -0.490 e. The molecule has 0 spiro atoms. The van der Waals surface area contributed by atoms with E-state index >= 15 is 0 Å². The van der Waals surface area contributed by atoms with E-state index in [2.05, 4.69) is 0 Å². The molecule has 2 aromatic rings. The Morgan fingerprint density at radius 3 is 2.50 bits per heavy atom. The summed E-state index contributed by atoms with van der Waals surface area (Å²) < 4.78 is 24.6. The van der Waals surface area contributed by atoms with Gasteiger partial charge in [-0.3, -0.25) is 0 Å². The molecule has 20 heavy (non-hydrogen) atoms. The van der Waals surface area contributed by atoms with Crippen LogP contribution in [0.15, 0.2) is 42.5 Å². The summed E-state index contributed by atoms with van der Waals surface area (Å²) in [6.45, 7) is 2.65. The van der Waals surface area contributed by atoms with Crippen LogP contribution in [-0.4, -0.2) is 6.61 Å². The quantitative estimate of drug-likeness (QED) is 0.686. The third-order valence-corrected chi connectivity index (χ3v) is 2.99. The molecule has 0 radical (unpaired) electrons. The molecule has 0 atom stereocenters. The Balaban J connectivity index is 2.25. The molecular weight excluding hydrogens is 279 g/mol. The second-order valence-corrected chi connectivity index (χ2v) is 4.55. The summed E-state index contributed by atoms with van der Waals surface area (Å²) in [4.78, 5) is 0. The molecule has 0 fully saturated rings. The highest BCUT2D eigenvalue weighted by Crippen LogP contribution is 2.33. The molecular formula is C16H16ClFO2. The van der Waals surface area contributed by atoms with Gasteiger partial charge in [0.1, 0.15) is 11.6 Å². The molecule has 106 valence electrons. The SMILES string of the molecule is CCCOc1ccccc1Oc1ccc(F)cc1CCl. The van der Waals surface area contributed by atoms with Crippen molar-refractivity contribution in [3.63, 3.8) is 0 Å². The topological polar surface area (TPSA) is 18.5 Å². The number of rotatable bonds is 6. The number of alkyl halides is 1. The highest BCUT2D eigenvalue weighted by atomic mass is 35.5. The maximum absolute atomic E-state index is 13.2. The lowest BCUT2D eigenvalue weighted by molar-refractivity contribution is 0.302. The molecule has 0 unspecified atom stereocenters. The van der Waals surface area contributed by atoms with Crippen molar-refractivity contribution in [1.29, 1.82) is 0 Å². The van der Waals surface area contributed by atoms with Crippen molar-refractivity contribution in [3.05, 3.63) is 53.8 Å². The molecule has 0 saturated heterocycles. The van der Waals surface area contributed by atoms with Crippen LogP contribution in [0, 0.1) is 5.82 Å². The number of halogens is 2. The highest BCUT2D eigenvalue weighted by Gasteiger charge is 2.09. The first-order valence-electron chi connectivity index (χ1n) is 6.48. The van der Waals surface area contributed by atoms with E-state index in [9.17, 15) is 4.39 Å². The van der Waals surface area contributed by atoms with Gasteiger partial charge in [0.05, 0.1) is 12.5 Å². The molecule has 0 aromatic heterocycles. The van der Waals surface area contributed by atoms with E-state index in [0.29, 0.717) is 29.4 Å². The summed E-state index contributed by atoms with van der Waals surface area (Å²) in [6, 6.07) is 11.7. The Morgan fingerprint density at radius 1 is 1.05 bits per heavy atom. The van der Waals surface area contributed by atoms with Crippen molar-refractivity contribution in [3.8, 4) is 17.2 Å². The van der Waals surface area contributed by atoms with Crippen molar-refractivity contribution in [2.24, 2.45) is 0 Å². The largest absolute Gasteiger partial charge is 0.490 e. The van der Waals surface area contributed by atoms with Crippen molar-refractivity contribution >= 4 is 11.6 Å². The third-order valence-electron chi connectivity index (χ3n) is 2.70. The van der Waals surface area contributed by atoms with Crippen molar-refractivity contribution in [1.82, 2.24) is 0 Å².